The molecule has 0 saturated carbocycles. The van der Waals surface area contributed by atoms with E-state index < -0.39 is 6.36 Å². The van der Waals surface area contributed by atoms with Crippen molar-refractivity contribution < 1.29 is 27.4 Å². The Morgan fingerprint density at radius 2 is 1.88 bits per heavy atom. The van der Waals surface area contributed by atoms with Crippen molar-refractivity contribution in [1.29, 1.82) is 0 Å². The van der Waals surface area contributed by atoms with Crippen molar-refractivity contribution in [1.82, 2.24) is 4.98 Å². The highest BCUT2D eigenvalue weighted by Crippen LogP contribution is 2.34. The number of para-hydroxylation sites is 1. The number of nitrogens with zero attached hydrogens (tertiary/aromatic N) is 2. The second-order valence-corrected chi connectivity index (χ2v) is 7.39. The number of aromatic nitrogens is 1. The molecule has 1 aliphatic rings. The molecule has 0 fully saturated rings. The van der Waals surface area contributed by atoms with E-state index in [1.54, 1.807) is 37.4 Å². The van der Waals surface area contributed by atoms with Crippen LogP contribution in [0.2, 0.25) is 0 Å². The number of carbonyl (C=O) groups excluding carboxylic acids is 1. The molecule has 0 spiro atoms. The summed E-state index contributed by atoms with van der Waals surface area (Å²) in [5.74, 6) is 0.0499. The van der Waals surface area contributed by atoms with Gasteiger partial charge in [-0.05, 0) is 36.8 Å². The largest absolute Gasteiger partial charge is 0.573 e. The molecule has 0 radical (unpaired) electrons. The number of esters is 1. The van der Waals surface area contributed by atoms with E-state index >= 15 is 0 Å². The van der Waals surface area contributed by atoms with Gasteiger partial charge in [0.05, 0.1) is 17.9 Å². The number of hydrogen-bond acceptors (Lipinski definition) is 6. The molecule has 1 aromatic heterocycles. The lowest BCUT2D eigenvalue weighted by Crippen LogP contribution is -2.34. The van der Waals surface area contributed by atoms with E-state index in [2.05, 4.69) is 15.0 Å². The Kier molecular flexibility index (Phi) is 6.39. The fraction of sp³-hybridized carbons (Fsp3) is 0.250. The van der Waals surface area contributed by atoms with Gasteiger partial charge in [0.25, 0.3) is 0 Å². The lowest BCUT2D eigenvalue weighted by Gasteiger charge is -2.32. The molecule has 0 amide bonds. The maximum atomic E-state index is 12.8. The van der Waals surface area contributed by atoms with E-state index in [-0.39, 0.29) is 18.3 Å². The Labute approximate surface area is 189 Å². The number of pyridine rings is 1. The zero-order valence-electron chi connectivity index (χ0n) is 17.9. The molecule has 6 nitrogen and oxygen atoms in total. The SMILES string of the molecule is CCOC(=O)c1ccc(-c2cnc3c(c2)N(Cc2ccccc2OC(F)(F)F)CCN3)cc1. The van der Waals surface area contributed by atoms with Gasteiger partial charge in [-0.1, -0.05) is 30.3 Å². The number of rotatable bonds is 6. The van der Waals surface area contributed by atoms with Crippen LogP contribution in [0.25, 0.3) is 11.1 Å². The van der Waals surface area contributed by atoms with Crippen molar-refractivity contribution in [2.24, 2.45) is 0 Å². The molecule has 0 aliphatic carbocycles. The molecule has 2 aromatic carbocycles. The molecule has 0 saturated heterocycles. The normalized spacial score (nSPS) is 13.2. The van der Waals surface area contributed by atoms with Crippen molar-refractivity contribution in [2.75, 3.05) is 29.9 Å². The zero-order chi connectivity index (χ0) is 23.4. The highest BCUT2D eigenvalue weighted by molar-refractivity contribution is 5.90. The van der Waals surface area contributed by atoms with Crippen LogP contribution in [-0.2, 0) is 11.3 Å². The summed E-state index contributed by atoms with van der Waals surface area (Å²) in [6.07, 6.45) is -3.04. The van der Waals surface area contributed by atoms with Gasteiger partial charge in [-0.3, -0.25) is 0 Å². The molecule has 2 heterocycles. The van der Waals surface area contributed by atoms with Gasteiger partial charge >= 0.3 is 12.3 Å². The van der Waals surface area contributed by atoms with Crippen LogP contribution in [0.3, 0.4) is 0 Å². The quantitative estimate of drug-likeness (QED) is 0.510. The van der Waals surface area contributed by atoms with E-state index in [0.717, 1.165) is 16.8 Å². The maximum Gasteiger partial charge on any atom is 0.573 e. The van der Waals surface area contributed by atoms with Gasteiger partial charge in [0.1, 0.15) is 11.6 Å². The van der Waals surface area contributed by atoms with Gasteiger partial charge in [-0.2, -0.15) is 0 Å². The summed E-state index contributed by atoms with van der Waals surface area (Å²) < 4.78 is 47.7. The van der Waals surface area contributed by atoms with Crippen LogP contribution in [0, 0.1) is 0 Å². The third-order valence-corrected chi connectivity index (χ3v) is 5.17. The van der Waals surface area contributed by atoms with E-state index in [1.165, 1.54) is 12.1 Å². The Morgan fingerprint density at radius 3 is 2.61 bits per heavy atom. The topological polar surface area (TPSA) is 63.7 Å². The second-order valence-electron chi connectivity index (χ2n) is 7.39. The lowest BCUT2D eigenvalue weighted by molar-refractivity contribution is -0.274. The van der Waals surface area contributed by atoms with Crippen molar-refractivity contribution in [3.05, 3.63) is 71.9 Å². The molecule has 0 atom stereocenters. The second kappa shape index (κ2) is 9.40. The number of hydrogen-bond donors (Lipinski definition) is 1. The number of ether oxygens (including phenoxy) is 2. The minimum atomic E-state index is -4.76. The summed E-state index contributed by atoms with van der Waals surface area (Å²) in [4.78, 5) is 18.4. The highest BCUT2D eigenvalue weighted by atomic mass is 19.4. The first-order valence-electron chi connectivity index (χ1n) is 10.4. The molecule has 1 aliphatic heterocycles. The molecule has 3 aromatic rings. The standard InChI is InChI=1S/C24H22F3N3O3/c1-2-32-23(31)17-9-7-16(8-10-17)19-13-20-22(29-14-19)28-11-12-30(20)15-18-5-3-4-6-21(18)33-24(25,26)27/h3-10,13-14H,2,11-12,15H2,1H3,(H,28,29). The number of nitrogens with one attached hydrogen (secondary N) is 1. The van der Waals surface area contributed by atoms with Crippen molar-refractivity contribution in [3.8, 4) is 16.9 Å². The van der Waals surface area contributed by atoms with Gasteiger partial charge < -0.3 is 19.7 Å². The number of carbonyl (C=O) groups is 1. The van der Waals surface area contributed by atoms with Crippen LogP contribution in [0.5, 0.6) is 5.75 Å². The van der Waals surface area contributed by atoms with Crippen molar-refractivity contribution >= 4 is 17.5 Å². The molecule has 1 N–H and O–H groups in total. The Morgan fingerprint density at radius 1 is 1.12 bits per heavy atom. The third-order valence-electron chi connectivity index (χ3n) is 5.17. The predicted octanol–water partition coefficient (Wildman–Crippen LogP) is 5.26. The van der Waals surface area contributed by atoms with E-state index in [0.29, 0.717) is 36.6 Å². The van der Waals surface area contributed by atoms with Crippen molar-refractivity contribution in [3.63, 3.8) is 0 Å². The summed E-state index contributed by atoms with van der Waals surface area (Å²) in [6, 6.07) is 15.0. The van der Waals surface area contributed by atoms with Gasteiger partial charge in [-0.15, -0.1) is 13.2 Å². The molecule has 0 bridgehead atoms. The van der Waals surface area contributed by atoms with Crippen LogP contribution in [0.15, 0.2) is 60.8 Å². The molecule has 33 heavy (non-hydrogen) atoms. The lowest BCUT2D eigenvalue weighted by atomic mass is 10.0. The Balaban J connectivity index is 1.60. The summed E-state index contributed by atoms with van der Waals surface area (Å²) in [7, 11) is 0. The maximum absolute atomic E-state index is 12.8. The Hall–Kier alpha value is -3.75. The minimum absolute atomic E-state index is 0.219. The number of halogens is 3. The minimum Gasteiger partial charge on any atom is -0.462 e. The highest BCUT2D eigenvalue weighted by Gasteiger charge is 2.32. The molecular weight excluding hydrogens is 435 g/mol. The van der Waals surface area contributed by atoms with Crippen molar-refractivity contribution in [2.45, 2.75) is 19.8 Å². The monoisotopic (exact) mass is 457 g/mol. The molecule has 172 valence electrons. The fourth-order valence-corrected chi connectivity index (χ4v) is 3.66. The van der Waals surface area contributed by atoms with Crippen LogP contribution >= 0.6 is 0 Å². The number of anilines is 2. The smallest absolute Gasteiger partial charge is 0.462 e. The van der Waals surface area contributed by atoms with Gasteiger partial charge in [0.15, 0.2) is 0 Å². The average Bonchev–Trinajstić information content (AvgIpc) is 2.80. The summed E-state index contributed by atoms with van der Waals surface area (Å²) in [5.41, 5.74) is 3.32. The van der Waals surface area contributed by atoms with Gasteiger partial charge in [0.2, 0.25) is 0 Å². The van der Waals surface area contributed by atoms with Crippen LogP contribution < -0.4 is 15.0 Å². The van der Waals surface area contributed by atoms with Gasteiger partial charge in [0, 0.05) is 37.0 Å². The third kappa shape index (κ3) is 5.36. The van der Waals surface area contributed by atoms with Crippen LogP contribution in [0.1, 0.15) is 22.8 Å². The first kappa shape index (κ1) is 22.4. The van der Waals surface area contributed by atoms with E-state index in [4.69, 9.17) is 4.74 Å². The first-order chi connectivity index (χ1) is 15.8. The molecular formula is C24H22F3N3O3. The number of benzene rings is 2. The molecule has 4 rings (SSSR count). The van der Waals surface area contributed by atoms with Crippen LogP contribution in [-0.4, -0.2) is 37.0 Å². The summed E-state index contributed by atoms with van der Waals surface area (Å²) >= 11 is 0. The Bertz CT molecular complexity index is 1130. The number of fused-ring (bicyclic) bond motifs is 1. The predicted molar refractivity (Wildman–Crippen MR) is 118 cm³/mol. The van der Waals surface area contributed by atoms with Gasteiger partial charge in [-0.25, -0.2) is 9.78 Å². The fourth-order valence-electron chi connectivity index (χ4n) is 3.66. The molecule has 0 unspecified atom stereocenters. The van der Waals surface area contributed by atoms with E-state index in [1.807, 2.05) is 23.1 Å². The van der Waals surface area contributed by atoms with Crippen LogP contribution in [0.4, 0.5) is 24.7 Å². The average molecular weight is 457 g/mol. The molecule has 9 heteroatoms. The zero-order valence-corrected chi connectivity index (χ0v) is 17.9. The first-order valence-corrected chi connectivity index (χ1v) is 10.4. The summed E-state index contributed by atoms with van der Waals surface area (Å²) in [5, 5.41) is 3.22. The number of alkyl halides is 3. The summed E-state index contributed by atoms with van der Waals surface area (Å²) in [6.45, 7) is 3.47. The van der Waals surface area contributed by atoms with E-state index in [9.17, 15) is 18.0 Å².